The highest BCUT2D eigenvalue weighted by molar-refractivity contribution is 5.99. The van der Waals surface area contributed by atoms with Crippen molar-refractivity contribution in [2.24, 2.45) is 0 Å². The van der Waals surface area contributed by atoms with Gasteiger partial charge in [-0.3, -0.25) is 14.5 Å². The van der Waals surface area contributed by atoms with Crippen molar-refractivity contribution in [1.29, 1.82) is 0 Å². The van der Waals surface area contributed by atoms with Crippen LogP contribution in [0.15, 0.2) is 48.5 Å². The lowest BCUT2D eigenvalue weighted by atomic mass is 10.0. The van der Waals surface area contributed by atoms with Gasteiger partial charge in [0.05, 0.1) is 17.9 Å². The number of nitrogens with zero attached hydrogens (tertiary/aromatic N) is 1. The molecule has 0 saturated carbocycles. The highest BCUT2D eigenvalue weighted by Crippen LogP contribution is 2.30. The molecule has 0 aromatic heterocycles. The minimum atomic E-state index is -0.254. The maximum Gasteiger partial charge on any atom is 0.238 e. The second-order valence-corrected chi connectivity index (χ2v) is 7.17. The zero-order valence-corrected chi connectivity index (χ0v) is 16.1. The molecule has 0 bridgehead atoms. The zero-order valence-electron chi connectivity index (χ0n) is 16.1. The van der Waals surface area contributed by atoms with Gasteiger partial charge < -0.3 is 10.6 Å². The minimum Gasteiger partial charge on any atom is -0.325 e. The predicted molar refractivity (Wildman–Crippen MR) is 109 cm³/mol. The molecule has 2 N–H and O–H groups in total. The molecule has 0 unspecified atom stereocenters. The Hall–Kier alpha value is -2.73. The van der Waals surface area contributed by atoms with E-state index in [0.717, 1.165) is 37.8 Å². The number of likely N-dealkylation sites (tertiary alicyclic amines) is 1. The van der Waals surface area contributed by atoms with Crippen molar-refractivity contribution >= 4 is 23.2 Å². The summed E-state index contributed by atoms with van der Waals surface area (Å²) in [4.78, 5) is 26.2. The van der Waals surface area contributed by atoms with Crippen LogP contribution in [0.2, 0.25) is 0 Å². The number of hydrogen-bond acceptors (Lipinski definition) is 3. The van der Waals surface area contributed by atoms with E-state index in [2.05, 4.69) is 15.5 Å². The van der Waals surface area contributed by atoms with Gasteiger partial charge in [-0.2, -0.15) is 0 Å². The zero-order chi connectivity index (χ0) is 19.9. The molecule has 3 rings (SSSR count). The van der Waals surface area contributed by atoms with Crippen LogP contribution in [-0.4, -0.2) is 29.8 Å². The SMILES string of the molecule is CC(=O)Nc1ccccc1NC(=O)CN1CCCCC[C@H]1c1cccc(F)c1. The van der Waals surface area contributed by atoms with Crippen LogP contribution in [0.5, 0.6) is 0 Å². The predicted octanol–water partition coefficient (Wildman–Crippen LogP) is 4.34. The molecule has 0 radical (unpaired) electrons. The van der Waals surface area contributed by atoms with Gasteiger partial charge in [-0.15, -0.1) is 0 Å². The molecular formula is C22H26FN3O2. The summed E-state index contributed by atoms with van der Waals surface area (Å²) in [6, 6.07) is 13.8. The highest BCUT2D eigenvalue weighted by Gasteiger charge is 2.25. The number of carbonyl (C=O) groups is 2. The number of nitrogens with one attached hydrogen (secondary N) is 2. The third-order valence-corrected chi connectivity index (χ3v) is 4.96. The fraction of sp³-hybridized carbons (Fsp3) is 0.364. The monoisotopic (exact) mass is 383 g/mol. The largest absolute Gasteiger partial charge is 0.325 e. The number of rotatable bonds is 5. The summed E-state index contributed by atoms with van der Waals surface area (Å²) in [5.74, 6) is -0.600. The Kier molecular flexibility index (Phi) is 6.76. The van der Waals surface area contributed by atoms with Crippen LogP contribution in [-0.2, 0) is 9.59 Å². The van der Waals surface area contributed by atoms with E-state index in [0.29, 0.717) is 11.4 Å². The van der Waals surface area contributed by atoms with E-state index in [-0.39, 0.29) is 30.2 Å². The van der Waals surface area contributed by atoms with Crippen molar-refractivity contribution in [2.75, 3.05) is 23.7 Å². The molecule has 0 spiro atoms. The second-order valence-electron chi connectivity index (χ2n) is 7.17. The summed E-state index contributed by atoms with van der Waals surface area (Å²) in [7, 11) is 0. The summed E-state index contributed by atoms with van der Waals surface area (Å²) >= 11 is 0. The quantitative estimate of drug-likeness (QED) is 0.807. The normalized spacial score (nSPS) is 17.6. The molecule has 2 aromatic carbocycles. The van der Waals surface area contributed by atoms with E-state index in [9.17, 15) is 14.0 Å². The Labute approximate surface area is 164 Å². The fourth-order valence-electron chi connectivity index (χ4n) is 3.71. The number of halogens is 1. The summed E-state index contributed by atoms with van der Waals surface area (Å²) in [5.41, 5.74) is 2.05. The van der Waals surface area contributed by atoms with E-state index in [1.54, 1.807) is 30.3 Å². The van der Waals surface area contributed by atoms with Gasteiger partial charge in [-0.1, -0.05) is 37.1 Å². The molecule has 1 heterocycles. The standard InChI is InChI=1S/C22H26FN3O2/c1-16(27)24-19-10-4-5-11-20(19)25-22(28)15-26-13-6-2-3-12-21(26)17-8-7-9-18(23)14-17/h4-5,7-11,14,21H,2-3,6,12-13,15H2,1H3,(H,24,27)(H,25,28)/t21-/m0/s1. The first-order valence-corrected chi connectivity index (χ1v) is 9.69. The third-order valence-electron chi connectivity index (χ3n) is 4.96. The van der Waals surface area contributed by atoms with Gasteiger partial charge in [-0.25, -0.2) is 4.39 Å². The molecule has 1 aliphatic heterocycles. The molecule has 6 heteroatoms. The maximum absolute atomic E-state index is 13.7. The first kappa shape index (κ1) is 20.0. The molecular weight excluding hydrogens is 357 g/mol. The molecule has 1 atom stereocenters. The van der Waals surface area contributed by atoms with Gasteiger partial charge in [-0.05, 0) is 49.2 Å². The molecule has 0 aliphatic carbocycles. The van der Waals surface area contributed by atoms with E-state index in [4.69, 9.17) is 0 Å². The van der Waals surface area contributed by atoms with Crippen LogP contribution >= 0.6 is 0 Å². The highest BCUT2D eigenvalue weighted by atomic mass is 19.1. The van der Waals surface area contributed by atoms with Gasteiger partial charge >= 0.3 is 0 Å². The number of hydrogen-bond donors (Lipinski definition) is 2. The third kappa shape index (κ3) is 5.39. The Bertz CT molecular complexity index is 840. The molecule has 1 fully saturated rings. The average molecular weight is 383 g/mol. The van der Waals surface area contributed by atoms with Crippen LogP contribution in [0, 0.1) is 5.82 Å². The molecule has 1 saturated heterocycles. The number of amides is 2. The molecule has 1 aliphatic rings. The Morgan fingerprint density at radius 1 is 1.04 bits per heavy atom. The van der Waals surface area contributed by atoms with E-state index >= 15 is 0 Å². The molecule has 148 valence electrons. The minimum absolute atomic E-state index is 0.0227. The number of benzene rings is 2. The van der Waals surface area contributed by atoms with Crippen molar-refractivity contribution in [3.63, 3.8) is 0 Å². The summed E-state index contributed by atoms with van der Waals surface area (Å²) < 4.78 is 13.7. The number of para-hydroxylation sites is 2. The first-order chi connectivity index (χ1) is 13.5. The van der Waals surface area contributed by atoms with E-state index < -0.39 is 0 Å². The van der Waals surface area contributed by atoms with Crippen LogP contribution in [0.1, 0.15) is 44.2 Å². The van der Waals surface area contributed by atoms with Crippen molar-refractivity contribution < 1.29 is 14.0 Å². The average Bonchev–Trinajstić information content (AvgIpc) is 2.88. The van der Waals surface area contributed by atoms with Crippen molar-refractivity contribution in [3.8, 4) is 0 Å². The summed E-state index contributed by atoms with van der Waals surface area (Å²) in [6.07, 6.45) is 4.08. The Morgan fingerprint density at radius 3 is 2.50 bits per heavy atom. The lowest BCUT2D eigenvalue weighted by Gasteiger charge is -2.30. The Balaban J connectivity index is 1.73. The van der Waals surface area contributed by atoms with E-state index in [1.165, 1.54) is 13.0 Å². The van der Waals surface area contributed by atoms with Crippen LogP contribution in [0.4, 0.5) is 15.8 Å². The lowest BCUT2D eigenvalue weighted by Crippen LogP contribution is -2.36. The molecule has 28 heavy (non-hydrogen) atoms. The van der Waals surface area contributed by atoms with Crippen molar-refractivity contribution in [3.05, 3.63) is 59.9 Å². The Morgan fingerprint density at radius 2 is 1.79 bits per heavy atom. The molecule has 2 aromatic rings. The molecule has 5 nitrogen and oxygen atoms in total. The topological polar surface area (TPSA) is 61.4 Å². The maximum atomic E-state index is 13.7. The van der Waals surface area contributed by atoms with Gasteiger partial charge in [0.15, 0.2) is 0 Å². The lowest BCUT2D eigenvalue weighted by molar-refractivity contribution is -0.118. The summed E-state index contributed by atoms with van der Waals surface area (Å²) in [5, 5.41) is 5.62. The number of anilines is 2. The van der Waals surface area contributed by atoms with Crippen molar-refractivity contribution in [1.82, 2.24) is 4.90 Å². The fourth-order valence-corrected chi connectivity index (χ4v) is 3.71. The van der Waals surface area contributed by atoms with Crippen LogP contribution in [0.25, 0.3) is 0 Å². The van der Waals surface area contributed by atoms with Crippen LogP contribution in [0.3, 0.4) is 0 Å². The van der Waals surface area contributed by atoms with Gasteiger partial charge in [0.2, 0.25) is 11.8 Å². The van der Waals surface area contributed by atoms with E-state index in [1.807, 2.05) is 12.1 Å². The van der Waals surface area contributed by atoms with Crippen molar-refractivity contribution in [2.45, 2.75) is 38.6 Å². The van der Waals surface area contributed by atoms with Gasteiger partial charge in [0, 0.05) is 13.0 Å². The van der Waals surface area contributed by atoms with Gasteiger partial charge in [0.25, 0.3) is 0 Å². The van der Waals surface area contributed by atoms with Crippen LogP contribution < -0.4 is 10.6 Å². The summed E-state index contributed by atoms with van der Waals surface area (Å²) in [6.45, 7) is 2.44. The molecule has 2 amide bonds. The van der Waals surface area contributed by atoms with Gasteiger partial charge in [0.1, 0.15) is 5.82 Å². The smallest absolute Gasteiger partial charge is 0.238 e. The number of carbonyl (C=O) groups excluding carboxylic acids is 2. The second kappa shape index (κ2) is 9.46. The first-order valence-electron chi connectivity index (χ1n) is 9.69.